The largest absolute Gasteiger partial charge is 0.457 e. The van der Waals surface area contributed by atoms with E-state index < -0.39 is 0 Å². The molecule has 1 unspecified atom stereocenters. The maximum absolute atomic E-state index is 12.1. The summed E-state index contributed by atoms with van der Waals surface area (Å²) in [6, 6.07) is 16.9. The molecule has 0 aromatic heterocycles. The lowest BCUT2D eigenvalue weighted by Crippen LogP contribution is -2.13. The summed E-state index contributed by atoms with van der Waals surface area (Å²) >= 11 is 0. The van der Waals surface area contributed by atoms with Gasteiger partial charge in [0.05, 0.1) is 6.42 Å². The number of hydrogen-bond donors (Lipinski definition) is 1. The highest BCUT2D eigenvalue weighted by Crippen LogP contribution is 2.21. The van der Waals surface area contributed by atoms with E-state index in [0.717, 1.165) is 17.5 Å². The molecule has 0 fully saturated rings. The zero-order valence-corrected chi connectivity index (χ0v) is 13.4. The zero-order valence-electron chi connectivity index (χ0n) is 13.4. The van der Waals surface area contributed by atoms with Gasteiger partial charge < -0.3 is 10.1 Å². The molecule has 1 amide bonds. The van der Waals surface area contributed by atoms with Crippen LogP contribution in [0.1, 0.15) is 37.5 Å². The van der Waals surface area contributed by atoms with Crippen LogP contribution in [0.25, 0.3) is 0 Å². The molecule has 2 aromatic rings. The minimum atomic E-state index is -0.256. The van der Waals surface area contributed by atoms with Gasteiger partial charge in [-0.3, -0.25) is 9.59 Å². The summed E-state index contributed by atoms with van der Waals surface area (Å²) in [6.07, 6.45) is 0.725. The summed E-state index contributed by atoms with van der Waals surface area (Å²) in [5.41, 5.74) is 2.57. The van der Waals surface area contributed by atoms with E-state index >= 15 is 0 Å². The van der Waals surface area contributed by atoms with E-state index in [9.17, 15) is 9.59 Å². The highest BCUT2D eigenvalue weighted by molar-refractivity contribution is 5.88. The standard InChI is InChI=1S/C19H21NO3/c1-3-18(16-7-5-4-6-8-16)23-19(22)13-15-9-11-17(12-10-15)20-14(2)21/h4-12,18H,3,13H2,1-2H3,(H,20,21). The number of amides is 1. The zero-order chi connectivity index (χ0) is 16.7. The van der Waals surface area contributed by atoms with Crippen LogP contribution >= 0.6 is 0 Å². The van der Waals surface area contributed by atoms with Gasteiger partial charge in [-0.2, -0.15) is 0 Å². The third-order valence-electron chi connectivity index (χ3n) is 3.44. The van der Waals surface area contributed by atoms with Crippen LogP contribution in [-0.2, 0) is 20.7 Å². The van der Waals surface area contributed by atoms with Crippen LogP contribution in [0.3, 0.4) is 0 Å². The molecule has 23 heavy (non-hydrogen) atoms. The molecule has 2 rings (SSSR count). The van der Waals surface area contributed by atoms with Crippen molar-refractivity contribution >= 4 is 17.6 Å². The topological polar surface area (TPSA) is 55.4 Å². The van der Waals surface area contributed by atoms with Crippen LogP contribution in [0.5, 0.6) is 0 Å². The number of nitrogens with one attached hydrogen (secondary N) is 1. The molecule has 4 nitrogen and oxygen atoms in total. The van der Waals surface area contributed by atoms with E-state index in [1.165, 1.54) is 6.92 Å². The van der Waals surface area contributed by atoms with Gasteiger partial charge in [-0.1, -0.05) is 49.4 Å². The van der Waals surface area contributed by atoms with Crippen molar-refractivity contribution in [1.82, 2.24) is 0 Å². The van der Waals surface area contributed by atoms with Gasteiger partial charge in [-0.05, 0) is 29.7 Å². The lowest BCUT2D eigenvalue weighted by Gasteiger charge is -2.16. The first-order valence-electron chi connectivity index (χ1n) is 7.69. The van der Waals surface area contributed by atoms with Gasteiger partial charge in [0.25, 0.3) is 0 Å². The highest BCUT2D eigenvalue weighted by Gasteiger charge is 2.15. The fourth-order valence-electron chi connectivity index (χ4n) is 2.33. The van der Waals surface area contributed by atoms with E-state index in [-0.39, 0.29) is 24.4 Å². The van der Waals surface area contributed by atoms with Crippen molar-refractivity contribution in [2.75, 3.05) is 5.32 Å². The minimum absolute atomic E-state index is 0.120. The predicted octanol–water partition coefficient (Wildman–Crippen LogP) is 3.88. The Morgan fingerprint density at radius 2 is 1.70 bits per heavy atom. The van der Waals surface area contributed by atoms with E-state index in [2.05, 4.69) is 5.32 Å². The van der Waals surface area contributed by atoms with Crippen molar-refractivity contribution in [3.63, 3.8) is 0 Å². The number of carbonyl (C=O) groups is 2. The van der Waals surface area contributed by atoms with Crippen molar-refractivity contribution < 1.29 is 14.3 Å². The number of ether oxygens (including phenoxy) is 1. The number of anilines is 1. The van der Waals surface area contributed by atoms with Gasteiger partial charge in [-0.15, -0.1) is 0 Å². The van der Waals surface area contributed by atoms with Gasteiger partial charge in [-0.25, -0.2) is 0 Å². The summed E-state index contributed by atoms with van der Waals surface area (Å²) in [4.78, 5) is 23.1. The third kappa shape index (κ3) is 5.25. The van der Waals surface area contributed by atoms with Crippen LogP contribution in [-0.4, -0.2) is 11.9 Å². The minimum Gasteiger partial charge on any atom is -0.457 e. The molecule has 0 aliphatic rings. The first-order chi connectivity index (χ1) is 11.1. The Kier molecular flexibility index (Phi) is 5.92. The van der Waals surface area contributed by atoms with Gasteiger partial charge in [0.2, 0.25) is 5.91 Å². The van der Waals surface area contributed by atoms with Crippen molar-refractivity contribution in [2.45, 2.75) is 32.8 Å². The van der Waals surface area contributed by atoms with Crippen LogP contribution in [0.4, 0.5) is 5.69 Å². The van der Waals surface area contributed by atoms with E-state index in [0.29, 0.717) is 5.69 Å². The van der Waals surface area contributed by atoms with Gasteiger partial charge in [0.1, 0.15) is 6.10 Å². The first-order valence-corrected chi connectivity index (χ1v) is 7.69. The highest BCUT2D eigenvalue weighted by atomic mass is 16.5. The molecule has 0 saturated carbocycles. The summed E-state index contributed by atoms with van der Waals surface area (Å²) in [5, 5.41) is 2.69. The van der Waals surface area contributed by atoms with E-state index in [4.69, 9.17) is 4.74 Å². The Labute approximate surface area is 136 Å². The van der Waals surface area contributed by atoms with Gasteiger partial charge in [0.15, 0.2) is 0 Å². The van der Waals surface area contributed by atoms with Gasteiger partial charge in [0, 0.05) is 12.6 Å². The molecule has 0 spiro atoms. The van der Waals surface area contributed by atoms with E-state index in [1.807, 2.05) is 49.4 Å². The van der Waals surface area contributed by atoms with Crippen LogP contribution < -0.4 is 5.32 Å². The fraction of sp³-hybridized carbons (Fsp3) is 0.263. The molecule has 0 radical (unpaired) electrons. The second-order valence-corrected chi connectivity index (χ2v) is 5.35. The van der Waals surface area contributed by atoms with Crippen LogP contribution in [0.15, 0.2) is 54.6 Å². The smallest absolute Gasteiger partial charge is 0.310 e. The Morgan fingerprint density at radius 1 is 1.04 bits per heavy atom. The number of benzene rings is 2. The lowest BCUT2D eigenvalue weighted by molar-refractivity contribution is -0.148. The Bertz CT molecular complexity index is 650. The molecule has 0 bridgehead atoms. The molecule has 0 aliphatic heterocycles. The van der Waals surface area contributed by atoms with Crippen molar-refractivity contribution in [2.24, 2.45) is 0 Å². The van der Waals surface area contributed by atoms with Gasteiger partial charge >= 0.3 is 5.97 Å². The Morgan fingerprint density at radius 3 is 2.26 bits per heavy atom. The molecule has 1 N–H and O–H groups in total. The molecule has 1 atom stereocenters. The van der Waals surface area contributed by atoms with Crippen molar-refractivity contribution in [1.29, 1.82) is 0 Å². The summed E-state index contributed by atoms with van der Waals surface area (Å²) in [5.74, 6) is -0.376. The molecule has 0 aliphatic carbocycles. The predicted molar refractivity (Wildman–Crippen MR) is 90.0 cm³/mol. The maximum atomic E-state index is 12.1. The normalized spacial score (nSPS) is 11.6. The maximum Gasteiger partial charge on any atom is 0.310 e. The molecule has 120 valence electrons. The average molecular weight is 311 g/mol. The molecule has 2 aromatic carbocycles. The van der Waals surface area contributed by atoms with Crippen LogP contribution in [0, 0.1) is 0 Å². The average Bonchev–Trinajstić information content (AvgIpc) is 2.55. The number of rotatable bonds is 6. The molecule has 0 saturated heterocycles. The molecule has 0 heterocycles. The van der Waals surface area contributed by atoms with Crippen molar-refractivity contribution in [3.05, 3.63) is 65.7 Å². The summed E-state index contributed by atoms with van der Waals surface area (Å²) < 4.78 is 5.58. The molecular formula is C19H21NO3. The number of esters is 1. The van der Waals surface area contributed by atoms with Crippen molar-refractivity contribution in [3.8, 4) is 0 Å². The number of carbonyl (C=O) groups excluding carboxylic acids is 2. The lowest BCUT2D eigenvalue weighted by atomic mass is 10.1. The number of hydrogen-bond acceptors (Lipinski definition) is 3. The Balaban J connectivity index is 1.94. The fourth-order valence-corrected chi connectivity index (χ4v) is 2.33. The molecular weight excluding hydrogens is 290 g/mol. The first kappa shape index (κ1) is 16.7. The quantitative estimate of drug-likeness (QED) is 0.824. The van der Waals surface area contributed by atoms with Crippen LogP contribution in [0.2, 0.25) is 0 Å². The summed E-state index contributed by atoms with van der Waals surface area (Å²) in [6.45, 7) is 3.45. The monoisotopic (exact) mass is 311 g/mol. The SMILES string of the molecule is CCC(OC(=O)Cc1ccc(NC(C)=O)cc1)c1ccccc1. The summed E-state index contributed by atoms with van der Waals surface area (Å²) in [7, 11) is 0. The molecule has 4 heteroatoms. The Hall–Kier alpha value is -2.62. The third-order valence-corrected chi connectivity index (χ3v) is 3.44. The second-order valence-electron chi connectivity index (χ2n) is 5.35. The second kappa shape index (κ2) is 8.13. The van der Waals surface area contributed by atoms with E-state index in [1.54, 1.807) is 12.1 Å².